The second kappa shape index (κ2) is 8.34. The molecule has 0 unspecified atom stereocenters. The van der Waals surface area contributed by atoms with E-state index in [9.17, 15) is 4.79 Å². The van der Waals surface area contributed by atoms with Crippen LogP contribution >= 0.6 is 0 Å². The molecule has 0 bridgehead atoms. The first-order valence-corrected chi connectivity index (χ1v) is 8.61. The molecule has 0 radical (unpaired) electrons. The predicted molar refractivity (Wildman–Crippen MR) is 91.4 cm³/mol. The molecule has 1 aliphatic rings. The monoisotopic (exact) mass is 319 g/mol. The minimum Gasteiger partial charge on any atom is -0.494 e. The van der Waals surface area contributed by atoms with E-state index in [-0.39, 0.29) is 11.5 Å². The minimum atomic E-state index is -0.286. The summed E-state index contributed by atoms with van der Waals surface area (Å²) in [5, 5.41) is 3.41. The molecule has 1 saturated carbocycles. The highest BCUT2D eigenvalue weighted by atomic mass is 16.5. The van der Waals surface area contributed by atoms with Gasteiger partial charge in [0, 0.05) is 12.1 Å². The number of carbonyl (C=O) groups excluding carboxylic acids is 1. The molecule has 23 heavy (non-hydrogen) atoms. The molecule has 1 aromatic rings. The maximum absolute atomic E-state index is 11.6. The van der Waals surface area contributed by atoms with E-state index in [1.807, 2.05) is 32.9 Å². The summed E-state index contributed by atoms with van der Waals surface area (Å²) in [4.78, 5) is 11.6. The molecule has 0 saturated heterocycles. The Morgan fingerprint density at radius 2 is 1.96 bits per heavy atom. The van der Waals surface area contributed by atoms with Crippen LogP contribution in [-0.4, -0.2) is 24.7 Å². The number of carbonyl (C=O) groups is 1. The van der Waals surface area contributed by atoms with Crippen LogP contribution in [0.1, 0.15) is 52.0 Å². The predicted octanol–water partition coefficient (Wildman–Crippen LogP) is 3.69. The summed E-state index contributed by atoms with van der Waals surface area (Å²) in [5.41, 5.74) is 0.891. The van der Waals surface area contributed by atoms with Crippen molar-refractivity contribution in [2.24, 2.45) is 5.92 Å². The molecule has 0 spiro atoms. The Labute approximate surface area is 139 Å². The number of rotatable bonds is 10. The Kier molecular flexibility index (Phi) is 6.46. The number of hydrogen-bond donors (Lipinski definition) is 1. The Bertz CT molecular complexity index is 492. The molecule has 4 heteroatoms. The van der Waals surface area contributed by atoms with E-state index < -0.39 is 0 Å². The summed E-state index contributed by atoms with van der Waals surface area (Å²) in [6, 6.07) is 8.17. The topological polar surface area (TPSA) is 47.6 Å². The average molecular weight is 319 g/mol. The lowest BCUT2D eigenvalue weighted by atomic mass is 10.0. The second-order valence-electron chi connectivity index (χ2n) is 6.94. The summed E-state index contributed by atoms with van der Waals surface area (Å²) in [6.07, 6.45) is 4.28. The molecule has 1 aromatic carbocycles. The van der Waals surface area contributed by atoms with Crippen molar-refractivity contribution in [3.8, 4) is 5.75 Å². The third-order valence-corrected chi connectivity index (χ3v) is 4.08. The maximum Gasteiger partial charge on any atom is 0.307 e. The van der Waals surface area contributed by atoms with Gasteiger partial charge in [0.1, 0.15) is 5.75 Å². The van der Waals surface area contributed by atoms with Gasteiger partial charge >= 0.3 is 5.97 Å². The zero-order valence-electron chi connectivity index (χ0n) is 14.6. The highest BCUT2D eigenvalue weighted by molar-refractivity contribution is 5.70. The van der Waals surface area contributed by atoms with Gasteiger partial charge in [-0.25, -0.2) is 0 Å². The van der Waals surface area contributed by atoms with E-state index in [4.69, 9.17) is 9.47 Å². The number of hydrogen-bond acceptors (Lipinski definition) is 4. The molecule has 2 rings (SSSR count). The minimum absolute atomic E-state index is 0.163. The highest BCUT2D eigenvalue weighted by Crippen LogP contribution is 2.32. The van der Waals surface area contributed by atoms with Crippen molar-refractivity contribution in [2.45, 2.75) is 58.5 Å². The Balaban J connectivity index is 1.72. The van der Waals surface area contributed by atoms with Crippen LogP contribution < -0.4 is 10.1 Å². The van der Waals surface area contributed by atoms with E-state index in [0.717, 1.165) is 24.8 Å². The van der Waals surface area contributed by atoms with Crippen molar-refractivity contribution in [2.75, 3.05) is 13.2 Å². The molecule has 0 heterocycles. The van der Waals surface area contributed by atoms with Gasteiger partial charge in [-0.15, -0.1) is 0 Å². The van der Waals surface area contributed by atoms with E-state index in [2.05, 4.69) is 17.4 Å². The number of esters is 1. The molecular formula is C19H29NO3. The quantitative estimate of drug-likeness (QED) is 0.668. The third-order valence-electron chi connectivity index (χ3n) is 4.08. The van der Waals surface area contributed by atoms with Crippen LogP contribution in [-0.2, 0) is 16.1 Å². The fourth-order valence-corrected chi connectivity index (χ4v) is 2.43. The largest absolute Gasteiger partial charge is 0.494 e. The molecule has 4 nitrogen and oxygen atoms in total. The summed E-state index contributed by atoms with van der Waals surface area (Å²) in [7, 11) is 0. The third kappa shape index (κ3) is 7.04. The number of nitrogens with one attached hydrogen (secondary N) is 1. The standard InChI is InChI=1S/C19H29NO3/c1-4-22-18(21)13-19(2,3)20-14-16-7-9-17(10-8-16)23-12-11-15-5-6-15/h7-10,15,20H,4-6,11-14H2,1-3H3. The van der Waals surface area contributed by atoms with Crippen LogP contribution in [0, 0.1) is 5.92 Å². The lowest BCUT2D eigenvalue weighted by Crippen LogP contribution is -2.41. The van der Waals surface area contributed by atoms with Gasteiger partial charge in [0.05, 0.1) is 19.6 Å². The van der Waals surface area contributed by atoms with Gasteiger partial charge in [-0.05, 0) is 50.8 Å². The molecule has 0 aliphatic heterocycles. The Hall–Kier alpha value is -1.55. The van der Waals surface area contributed by atoms with E-state index >= 15 is 0 Å². The summed E-state index contributed by atoms with van der Waals surface area (Å²) >= 11 is 0. The summed E-state index contributed by atoms with van der Waals surface area (Å²) in [5.74, 6) is 1.67. The second-order valence-corrected chi connectivity index (χ2v) is 6.94. The van der Waals surface area contributed by atoms with Crippen molar-refractivity contribution in [3.63, 3.8) is 0 Å². The molecular weight excluding hydrogens is 290 g/mol. The zero-order valence-corrected chi connectivity index (χ0v) is 14.6. The molecule has 0 atom stereocenters. The molecule has 1 fully saturated rings. The highest BCUT2D eigenvalue weighted by Gasteiger charge is 2.22. The van der Waals surface area contributed by atoms with Crippen molar-refractivity contribution in [1.29, 1.82) is 0 Å². The van der Waals surface area contributed by atoms with Crippen LogP contribution in [0.3, 0.4) is 0 Å². The smallest absolute Gasteiger partial charge is 0.307 e. The fourth-order valence-electron chi connectivity index (χ4n) is 2.43. The lowest BCUT2D eigenvalue weighted by Gasteiger charge is -2.25. The zero-order chi connectivity index (χ0) is 16.7. The van der Waals surface area contributed by atoms with Crippen LogP contribution in [0.15, 0.2) is 24.3 Å². The Morgan fingerprint density at radius 3 is 2.57 bits per heavy atom. The van der Waals surface area contributed by atoms with Gasteiger partial charge in [0.15, 0.2) is 0 Å². The number of ether oxygens (including phenoxy) is 2. The van der Waals surface area contributed by atoms with Crippen LogP contribution in [0.25, 0.3) is 0 Å². The van der Waals surface area contributed by atoms with E-state index in [0.29, 0.717) is 13.0 Å². The summed E-state index contributed by atoms with van der Waals surface area (Å²) in [6.45, 7) is 7.81. The van der Waals surface area contributed by atoms with Crippen molar-refractivity contribution in [1.82, 2.24) is 5.32 Å². The molecule has 0 amide bonds. The van der Waals surface area contributed by atoms with Gasteiger partial charge in [-0.3, -0.25) is 4.79 Å². The first-order chi connectivity index (χ1) is 11.0. The van der Waals surface area contributed by atoms with Crippen molar-refractivity contribution >= 4 is 5.97 Å². The number of benzene rings is 1. The van der Waals surface area contributed by atoms with Crippen molar-refractivity contribution in [3.05, 3.63) is 29.8 Å². The van der Waals surface area contributed by atoms with Gasteiger partial charge in [0.25, 0.3) is 0 Å². The fraction of sp³-hybridized carbons (Fsp3) is 0.632. The van der Waals surface area contributed by atoms with Gasteiger partial charge < -0.3 is 14.8 Å². The van der Waals surface area contributed by atoms with Crippen LogP contribution in [0.2, 0.25) is 0 Å². The van der Waals surface area contributed by atoms with E-state index in [1.54, 1.807) is 0 Å². The van der Waals surface area contributed by atoms with Gasteiger partial charge in [0.2, 0.25) is 0 Å². The van der Waals surface area contributed by atoms with E-state index in [1.165, 1.54) is 24.8 Å². The van der Waals surface area contributed by atoms with Crippen LogP contribution in [0.4, 0.5) is 0 Å². The van der Waals surface area contributed by atoms with Crippen molar-refractivity contribution < 1.29 is 14.3 Å². The first-order valence-electron chi connectivity index (χ1n) is 8.61. The van der Waals surface area contributed by atoms with Crippen LogP contribution in [0.5, 0.6) is 5.75 Å². The normalized spacial score (nSPS) is 14.6. The molecule has 1 N–H and O–H groups in total. The molecule has 0 aromatic heterocycles. The van der Waals surface area contributed by atoms with Gasteiger partial charge in [-0.2, -0.15) is 0 Å². The average Bonchev–Trinajstić information content (AvgIpc) is 3.30. The molecule has 1 aliphatic carbocycles. The molecule has 128 valence electrons. The first kappa shape index (κ1) is 17.8. The summed E-state index contributed by atoms with van der Waals surface area (Å²) < 4.78 is 10.8. The maximum atomic E-state index is 11.6. The Morgan fingerprint density at radius 1 is 1.26 bits per heavy atom. The van der Waals surface area contributed by atoms with Gasteiger partial charge in [-0.1, -0.05) is 25.0 Å². The SMILES string of the molecule is CCOC(=O)CC(C)(C)NCc1ccc(OCCC2CC2)cc1. The lowest BCUT2D eigenvalue weighted by molar-refractivity contribution is -0.144.